The Bertz CT molecular complexity index is 2760. The zero-order valence-corrected chi connectivity index (χ0v) is 39.5. The van der Waals surface area contributed by atoms with Crippen LogP contribution in [0.4, 0.5) is 17.1 Å². The molecule has 1 aliphatic carbocycles. The molecule has 4 amide bonds. The maximum absolute atomic E-state index is 14.2. The van der Waals surface area contributed by atoms with E-state index in [4.69, 9.17) is 11.5 Å². The van der Waals surface area contributed by atoms with Crippen molar-refractivity contribution < 1.29 is 24.0 Å². The van der Waals surface area contributed by atoms with Crippen molar-refractivity contribution in [2.45, 2.75) is 91.5 Å². The summed E-state index contributed by atoms with van der Waals surface area (Å²) in [6.07, 6.45) is 10.0. The van der Waals surface area contributed by atoms with Crippen LogP contribution in [-0.2, 0) is 29.0 Å². The minimum Gasteiger partial charge on any atom is -0.387 e. The Hall–Kier alpha value is -7.15. The number of hydrogen-bond acceptors (Lipinski definition) is 9. The summed E-state index contributed by atoms with van der Waals surface area (Å²) in [4.78, 5) is 83.6. The number of benzene rings is 4. The van der Waals surface area contributed by atoms with Gasteiger partial charge in [-0.05, 0) is 117 Å². The van der Waals surface area contributed by atoms with Crippen LogP contribution in [-0.4, -0.2) is 88.5 Å². The van der Waals surface area contributed by atoms with Gasteiger partial charge < -0.3 is 31.5 Å². The molecule has 0 spiro atoms. The van der Waals surface area contributed by atoms with E-state index < -0.39 is 0 Å². The molecular weight excluding hydrogens is 853 g/mol. The van der Waals surface area contributed by atoms with E-state index in [1.165, 1.54) is 5.56 Å². The van der Waals surface area contributed by atoms with Gasteiger partial charge in [0.05, 0.1) is 11.4 Å². The van der Waals surface area contributed by atoms with Crippen molar-refractivity contribution in [2.24, 2.45) is 27.4 Å². The molecule has 0 saturated carbocycles. The van der Waals surface area contributed by atoms with Crippen molar-refractivity contribution in [3.8, 4) is 0 Å². The lowest BCUT2D eigenvalue weighted by molar-refractivity contribution is -0.128. The first-order valence-electron chi connectivity index (χ1n) is 24.2. The van der Waals surface area contributed by atoms with Crippen molar-refractivity contribution >= 4 is 70.3 Å². The number of rotatable bonds is 15. The molecule has 8 rings (SSSR count). The highest BCUT2D eigenvalue weighted by Crippen LogP contribution is 2.34. The van der Waals surface area contributed by atoms with Crippen LogP contribution in [0.5, 0.6) is 0 Å². The number of carbonyl (C=O) groups is 5. The number of aryl methyl sites for hydroxylation is 1. The molecular formula is C55H62N8O5. The van der Waals surface area contributed by atoms with Gasteiger partial charge in [0, 0.05) is 103 Å². The number of amides is 4. The normalized spacial score (nSPS) is 16.2. The van der Waals surface area contributed by atoms with E-state index in [9.17, 15) is 24.0 Å². The molecule has 4 aromatic carbocycles. The van der Waals surface area contributed by atoms with Crippen LogP contribution in [0.1, 0.15) is 131 Å². The minimum atomic E-state index is -0.358. The molecule has 0 bridgehead atoms. The lowest BCUT2D eigenvalue weighted by Crippen LogP contribution is -2.35. The summed E-state index contributed by atoms with van der Waals surface area (Å²) >= 11 is 0. The minimum absolute atomic E-state index is 0.0363. The Balaban J connectivity index is 0.890. The van der Waals surface area contributed by atoms with Crippen molar-refractivity contribution in [1.29, 1.82) is 0 Å². The Morgan fingerprint density at radius 3 is 1.91 bits per heavy atom. The van der Waals surface area contributed by atoms with Gasteiger partial charge in [-0.15, -0.1) is 0 Å². The van der Waals surface area contributed by atoms with Crippen LogP contribution in [0.25, 0.3) is 12.2 Å². The van der Waals surface area contributed by atoms with E-state index in [-0.39, 0.29) is 48.2 Å². The molecule has 352 valence electrons. The van der Waals surface area contributed by atoms with Crippen molar-refractivity contribution in [2.75, 3.05) is 38.0 Å². The third kappa shape index (κ3) is 10.7. The molecule has 3 aliphatic heterocycles. The molecule has 68 heavy (non-hydrogen) atoms. The standard InChI is InChI=1S/C55H62N8O5/c1-4-22-61(23-5-2)54(67)43-27-38-15-17-40(29-47(38)59-49(56)31-43)52(65)58-45-20-19-36-13-14-37(51(64)46(36)33-45)12-9-25-62(24-6-3)55(68)44-28-39-16-18-41(30-48(39)60-50(57)32-44)53(66)63-26-21-35-10-7-8-11-42(35)34-63/h7-8,10-11,15-20,27-30,33,37H,4-6,9,12-14,21-26,31-32,34H2,1-3H3,(H2,56,59)(H2,57,60)(H,58,65). The SMILES string of the molecule is CCCN(CCC)C(=O)C1=Cc2ccc(C(=O)Nc3ccc4c(c3)C(=O)C(CCCN(CCC)C(=O)C3=Cc5ccc(C(=O)N6CCc7ccccc7C6)cc5N=C(N)C3)CC4)cc2N=C(N)C1. The molecule has 13 heteroatoms. The number of amidine groups is 2. The maximum atomic E-state index is 14.2. The maximum Gasteiger partial charge on any atom is 0.255 e. The first-order valence-corrected chi connectivity index (χ1v) is 24.2. The Labute approximate surface area is 399 Å². The van der Waals surface area contributed by atoms with E-state index in [0.29, 0.717) is 121 Å². The van der Waals surface area contributed by atoms with Gasteiger partial charge in [0.1, 0.15) is 11.7 Å². The molecule has 1 atom stereocenters. The first kappa shape index (κ1) is 47.3. The number of aliphatic imine (C=N–C) groups is 2. The second kappa shape index (κ2) is 21.2. The summed E-state index contributed by atoms with van der Waals surface area (Å²) in [6, 6.07) is 24.3. The first-order chi connectivity index (χ1) is 32.9. The second-order valence-corrected chi connectivity index (χ2v) is 18.3. The molecule has 0 aromatic heterocycles. The highest BCUT2D eigenvalue weighted by Gasteiger charge is 2.30. The zero-order valence-electron chi connectivity index (χ0n) is 39.5. The van der Waals surface area contributed by atoms with Gasteiger partial charge in [-0.25, -0.2) is 9.98 Å². The van der Waals surface area contributed by atoms with Crippen molar-refractivity contribution in [3.05, 3.63) is 135 Å². The molecule has 1 unspecified atom stereocenters. The van der Waals surface area contributed by atoms with Gasteiger partial charge in [0.2, 0.25) is 11.8 Å². The lowest BCUT2D eigenvalue weighted by atomic mass is 9.80. The average Bonchev–Trinajstić information content (AvgIpc) is 3.62. The third-order valence-electron chi connectivity index (χ3n) is 13.3. The van der Waals surface area contributed by atoms with Crippen molar-refractivity contribution in [1.82, 2.24) is 14.7 Å². The smallest absolute Gasteiger partial charge is 0.255 e. The molecule has 5 N–H and O–H groups in total. The van der Waals surface area contributed by atoms with Crippen LogP contribution in [0.15, 0.2) is 100.0 Å². The highest BCUT2D eigenvalue weighted by molar-refractivity contribution is 6.09. The van der Waals surface area contributed by atoms with E-state index >= 15 is 0 Å². The zero-order chi connectivity index (χ0) is 47.9. The van der Waals surface area contributed by atoms with E-state index in [0.717, 1.165) is 48.8 Å². The number of nitrogens with one attached hydrogen (secondary N) is 1. The topological polar surface area (TPSA) is 184 Å². The number of carbonyl (C=O) groups excluding carboxylic acids is 5. The van der Waals surface area contributed by atoms with Crippen LogP contribution in [0.2, 0.25) is 0 Å². The summed E-state index contributed by atoms with van der Waals surface area (Å²) in [7, 11) is 0. The van der Waals surface area contributed by atoms with Crippen LogP contribution >= 0.6 is 0 Å². The molecule has 4 aromatic rings. The van der Waals surface area contributed by atoms with Gasteiger partial charge in [-0.1, -0.05) is 63.2 Å². The summed E-state index contributed by atoms with van der Waals surface area (Å²) in [5, 5.41) is 2.97. The fraction of sp³-hybridized carbons (Fsp3) is 0.364. The van der Waals surface area contributed by atoms with E-state index in [1.54, 1.807) is 36.4 Å². The number of anilines is 1. The Kier molecular flexibility index (Phi) is 14.8. The van der Waals surface area contributed by atoms with Crippen LogP contribution in [0, 0.1) is 5.92 Å². The summed E-state index contributed by atoms with van der Waals surface area (Å²) < 4.78 is 0. The number of Topliss-reactive ketones (excluding diaryl/α,β-unsaturated/α-hetero) is 1. The fourth-order valence-electron chi connectivity index (χ4n) is 9.82. The number of hydrogen-bond donors (Lipinski definition) is 3. The van der Waals surface area contributed by atoms with Gasteiger partial charge in [-0.2, -0.15) is 0 Å². The fourth-order valence-corrected chi connectivity index (χ4v) is 9.82. The predicted molar refractivity (Wildman–Crippen MR) is 269 cm³/mol. The Morgan fingerprint density at radius 1 is 0.691 bits per heavy atom. The summed E-state index contributed by atoms with van der Waals surface area (Å²) in [5.74, 6) is -0.171. The monoisotopic (exact) mass is 914 g/mol. The molecule has 0 fully saturated rings. The molecule has 4 aliphatic rings. The van der Waals surface area contributed by atoms with Gasteiger partial charge >= 0.3 is 0 Å². The average molecular weight is 915 g/mol. The Morgan fingerprint density at radius 2 is 1.28 bits per heavy atom. The van der Waals surface area contributed by atoms with E-state index in [1.807, 2.05) is 78.0 Å². The molecule has 0 radical (unpaired) electrons. The van der Waals surface area contributed by atoms with E-state index in [2.05, 4.69) is 27.4 Å². The lowest BCUT2D eigenvalue weighted by Gasteiger charge is -2.29. The second-order valence-electron chi connectivity index (χ2n) is 18.3. The third-order valence-corrected chi connectivity index (χ3v) is 13.3. The molecule has 13 nitrogen and oxygen atoms in total. The number of fused-ring (bicyclic) bond motifs is 4. The molecule has 0 saturated heterocycles. The summed E-state index contributed by atoms with van der Waals surface area (Å²) in [5.41, 5.74) is 21.7. The largest absolute Gasteiger partial charge is 0.387 e. The quantitative estimate of drug-likeness (QED) is 0.106. The van der Waals surface area contributed by atoms with Gasteiger partial charge in [0.15, 0.2) is 5.78 Å². The molecule has 3 heterocycles. The summed E-state index contributed by atoms with van der Waals surface area (Å²) in [6.45, 7) is 9.68. The number of ketones is 1. The van der Waals surface area contributed by atoms with Crippen LogP contribution < -0.4 is 16.8 Å². The predicted octanol–water partition coefficient (Wildman–Crippen LogP) is 8.80. The van der Waals surface area contributed by atoms with Gasteiger partial charge in [0.25, 0.3) is 11.8 Å². The number of nitrogens with zero attached hydrogens (tertiary/aromatic N) is 5. The van der Waals surface area contributed by atoms with Crippen molar-refractivity contribution in [3.63, 3.8) is 0 Å². The highest BCUT2D eigenvalue weighted by atomic mass is 16.2. The van der Waals surface area contributed by atoms with Gasteiger partial charge in [-0.3, -0.25) is 24.0 Å². The van der Waals surface area contributed by atoms with Crippen LogP contribution in [0.3, 0.4) is 0 Å². The number of nitrogens with two attached hydrogens (primary N) is 2.